The second kappa shape index (κ2) is 5.62. The molecule has 100 valence electrons. The van der Waals surface area contributed by atoms with Gasteiger partial charge in [0.05, 0.1) is 5.69 Å². The zero-order valence-corrected chi connectivity index (χ0v) is 10.5. The molecule has 2 rings (SSSR count). The zero-order chi connectivity index (χ0) is 14.5. The van der Waals surface area contributed by atoms with E-state index in [1.165, 1.54) is 19.2 Å². The highest BCUT2D eigenvalue weighted by Crippen LogP contribution is 2.28. The van der Waals surface area contributed by atoms with Gasteiger partial charge in [-0.05, 0) is 24.3 Å². The number of hydrogen-bond donors (Lipinski definition) is 3. The van der Waals surface area contributed by atoms with Crippen molar-refractivity contribution in [2.45, 2.75) is 6.92 Å². The SMILES string of the molecule is CC(=O)c1cccc(O)c1NC=C(C#N)c1nn[nH]n1. The first-order valence-corrected chi connectivity index (χ1v) is 5.57. The number of tetrazole rings is 1. The summed E-state index contributed by atoms with van der Waals surface area (Å²) in [4.78, 5) is 11.5. The predicted octanol–water partition coefficient (Wildman–Crippen LogP) is 1.08. The number of nitrogens with zero attached hydrogens (tertiary/aromatic N) is 4. The molecule has 1 aromatic carbocycles. The fourth-order valence-corrected chi connectivity index (χ4v) is 1.55. The van der Waals surface area contributed by atoms with Crippen LogP contribution >= 0.6 is 0 Å². The molecule has 0 radical (unpaired) electrons. The van der Waals surface area contributed by atoms with E-state index in [0.29, 0.717) is 5.56 Å². The molecule has 0 bridgehead atoms. The first-order valence-electron chi connectivity index (χ1n) is 5.57. The molecule has 20 heavy (non-hydrogen) atoms. The fraction of sp³-hybridized carbons (Fsp3) is 0.0833. The summed E-state index contributed by atoms with van der Waals surface area (Å²) < 4.78 is 0. The average molecular weight is 270 g/mol. The smallest absolute Gasteiger partial charge is 0.216 e. The van der Waals surface area contributed by atoms with Gasteiger partial charge in [-0.2, -0.15) is 10.5 Å². The number of rotatable bonds is 4. The Morgan fingerprint density at radius 1 is 1.55 bits per heavy atom. The number of anilines is 1. The number of para-hydroxylation sites is 1. The average Bonchev–Trinajstić information content (AvgIpc) is 2.94. The van der Waals surface area contributed by atoms with E-state index < -0.39 is 0 Å². The van der Waals surface area contributed by atoms with E-state index in [2.05, 4.69) is 25.9 Å². The van der Waals surface area contributed by atoms with Crippen molar-refractivity contribution >= 4 is 17.0 Å². The van der Waals surface area contributed by atoms with Gasteiger partial charge < -0.3 is 10.4 Å². The maximum atomic E-state index is 11.5. The van der Waals surface area contributed by atoms with Crippen molar-refractivity contribution in [3.8, 4) is 11.8 Å². The molecule has 1 aromatic heterocycles. The highest BCUT2D eigenvalue weighted by molar-refractivity contribution is 6.01. The Kier molecular flexibility index (Phi) is 3.72. The molecule has 0 amide bonds. The molecule has 2 aromatic rings. The minimum Gasteiger partial charge on any atom is -0.506 e. The number of Topliss-reactive ketones (excluding diaryl/α,β-unsaturated/α-hetero) is 1. The number of phenols is 1. The third-order valence-electron chi connectivity index (χ3n) is 2.49. The number of ketones is 1. The van der Waals surface area contributed by atoms with E-state index >= 15 is 0 Å². The molecule has 0 aliphatic rings. The Morgan fingerprint density at radius 2 is 2.35 bits per heavy atom. The van der Waals surface area contributed by atoms with Gasteiger partial charge in [-0.3, -0.25) is 4.79 Å². The molecule has 0 unspecified atom stereocenters. The van der Waals surface area contributed by atoms with Gasteiger partial charge in [0.1, 0.15) is 17.4 Å². The summed E-state index contributed by atoms with van der Waals surface area (Å²) >= 11 is 0. The molecule has 0 saturated heterocycles. The Labute approximate surface area is 113 Å². The van der Waals surface area contributed by atoms with Crippen LogP contribution in [0, 0.1) is 11.3 Å². The first-order chi connectivity index (χ1) is 9.63. The number of aromatic nitrogens is 4. The quantitative estimate of drug-likeness (QED) is 0.431. The maximum absolute atomic E-state index is 11.5. The van der Waals surface area contributed by atoms with Crippen molar-refractivity contribution in [1.29, 1.82) is 5.26 Å². The summed E-state index contributed by atoms with van der Waals surface area (Å²) in [6, 6.07) is 6.45. The number of hydrogen-bond acceptors (Lipinski definition) is 7. The highest BCUT2D eigenvalue weighted by Gasteiger charge is 2.11. The van der Waals surface area contributed by atoms with Crippen LogP contribution in [-0.4, -0.2) is 31.5 Å². The van der Waals surface area contributed by atoms with Crippen LogP contribution in [0.25, 0.3) is 5.57 Å². The van der Waals surface area contributed by atoms with E-state index in [9.17, 15) is 9.90 Å². The number of nitriles is 1. The molecule has 0 aliphatic heterocycles. The molecule has 3 N–H and O–H groups in total. The number of carbonyl (C=O) groups excluding carboxylic acids is 1. The summed E-state index contributed by atoms with van der Waals surface area (Å²) in [6.07, 6.45) is 1.30. The molecule has 0 aliphatic carbocycles. The maximum Gasteiger partial charge on any atom is 0.216 e. The van der Waals surface area contributed by atoms with E-state index in [1.807, 2.05) is 6.07 Å². The van der Waals surface area contributed by atoms with Crippen LogP contribution < -0.4 is 5.32 Å². The van der Waals surface area contributed by atoms with Crippen molar-refractivity contribution in [3.05, 3.63) is 35.8 Å². The monoisotopic (exact) mass is 270 g/mol. The van der Waals surface area contributed by atoms with Crippen LogP contribution in [0.4, 0.5) is 5.69 Å². The van der Waals surface area contributed by atoms with Crippen molar-refractivity contribution in [1.82, 2.24) is 20.6 Å². The first kappa shape index (κ1) is 13.2. The van der Waals surface area contributed by atoms with Crippen LogP contribution in [0.15, 0.2) is 24.4 Å². The normalized spacial score (nSPS) is 10.9. The fourth-order valence-electron chi connectivity index (χ4n) is 1.55. The Hall–Kier alpha value is -3.21. The van der Waals surface area contributed by atoms with E-state index in [0.717, 1.165) is 0 Å². The number of H-pyrrole nitrogens is 1. The van der Waals surface area contributed by atoms with Gasteiger partial charge in [-0.25, -0.2) is 0 Å². The Morgan fingerprint density at radius 3 is 2.95 bits per heavy atom. The van der Waals surface area contributed by atoms with Gasteiger partial charge in [-0.15, -0.1) is 10.2 Å². The van der Waals surface area contributed by atoms with Gasteiger partial charge in [0.2, 0.25) is 5.82 Å². The number of aromatic hydroxyl groups is 1. The van der Waals surface area contributed by atoms with Crippen LogP contribution in [0.1, 0.15) is 23.1 Å². The zero-order valence-electron chi connectivity index (χ0n) is 10.5. The lowest BCUT2D eigenvalue weighted by atomic mass is 10.1. The molecule has 0 saturated carbocycles. The molecule has 0 spiro atoms. The summed E-state index contributed by atoms with van der Waals surface area (Å²) in [6.45, 7) is 1.38. The number of nitrogens with one attached hydrogen (secondary N) is 2. The van der Waals surface area contributed by atoms with Crippen molar-refractivity contribution in [3.63, 3.8) is 0 Å². The Bertz CT molecular complexity index is 699. The summed E-state index contributed by atoms with van der Waals surface area (Å²) in [5.41, 5.74) is 0.638. The summed E-state index contributed by atoms with van der Waals surface area (Å²) in [7, 11) is 0. The molecular weight excluding hydrogens is 260 g/mol. The van der Waals surface area contributed by atoms with Crippen LogP contribution in [-0.2, 0) is 0 Å². The standard InChI is InChI=1S/C12H10N6O2/c1-7(19)9-3-2-4-10(20)11(9)14-6-8(5-13)12-15-17-18-16-12/h2-4,6,14,20H,1H3,(H,15,16,17,18). The molecule has 8 nitrogen and oxygen atoms in total. The van der Waals surface area contributed by atoms with Gasteiger partial charge in [0, 0.05) is 11.8 Å². The Balaban J connectivity index is 2.36. The van der Waals surface area contributed by atoms with Gasteiger partial charge in [0.15, 0.2) is 5.78 Å². The molecule has 0 fully saturated rings. The number of carbonyl (C=O) groups is 1. The van der Waals surface area contributed by atoms with E-state index in [4.69, 9.17) is 5.26 Å². The number of phenolic OH excluding ortho intramolecular Hbond substituents is 1. The number of allylic oxidation sites excluding steroid dienone is 1. The lowest BCUT2D eigenvalue weighted by molar-refractivity contribution is 0.101. The lowest BCUT2D eigenvalue weighted by Crippen LogP contribution is -2.01. The predicted molar refractivity (Wildman–Crippen MR) is 69.5 cm³/mol. The molecule has 0 atom stereocenters. The number of benzene rings is 1. The topological polar surface area (TPSA) is 128 Å². The minimum atomic E-state index is -0.213. The molecule has 1 heterocycles. The highest BCUT2D eigenvalue weighted by atomic mass is 16.3. The molecular formula is C12H10N6O2. The van der Waals surface area contributed by atoms with E-state index in [1.54, 1.807) is 12.1 Å². The van der Waals surface area contributed by atoms with Crippen LogP contribution in [0.3, 0.4) is 0 Å². The third kappa shape index (κ3) is 2.62. The third-order valence-corrected chi connectivity index (χ3v) is 2.49. The van der Waals surface area contributed by atoms with E-state index in [-0.39, 0.29) is 28.6 Å². The van der Waals surface area contributed by atoms with Crippen LogP contribution in [0.5, 0.6) is 5.75 Å². The minimum absolute atomic E-state index is 0.0978. The lowest BCUT2D eigenvalue weighted by Gasteiger charge is -2.08. The second-order valence-electron chi connectivity index (χ2n) is 3.81. The van der Waals surface area contributed by atoms with Gasteiger partial charge in [0.25, 0.3) is 0 Å². The summed E-state index contributed by atoms with van der Waals surface area (Å²) in [5.74, 6) is -0.200. The number of aromatic amines is 1. The summed E-state index contributed by atoms with van der Waals surface area (Å²) in [5, 5.41) is 34.4. The van der Waals surface area contributed by atoms with Crippen molar-refractivity contribution < 1.29 is 9.90 Å². The van der Waals surface area contributed by atoms with Gasteiger partial charge in [-0.1, -0.05) is 6.07 Å². The second-order valence-corrected chi connectivity index (χ2v) is 3.81. The van der Waals surface area contributed by atoms with Crippen LogP contribution in [0.2, 0.25) is 0 Å². The van der Waals surface area contributed by atoms with Crippen molar-refractivity contribution in [2.75, 3.05) is 5.32 Å². The largest absolute Gasteiger partial charge is 0.506 e. The molecule has 8 heteroatoms. The van der Waals surface area contributed by atoms with Gasteiger partial charge >= 0.3 is 0 Å². The van der Waals surface area contributed by atoms with Crippen molar-refractivity contribution in [2.24, 2.45) is 0 Å².